The SMILES string of the molecule is CC(=O)[C@H](C)CP(=O)(OC[C@H]1O[C@@H](n2cnc3c(=O)[nH]c(N)nc32)C(Br)(Br)[C@H]1O)Oc1ccccc1. The Hall–Kier alpha value is -2.09. The molecule has 194 valence electrons. The van der Waals surface area contributed by atoms with Crippen molar-refractivity contribution in [2.24, 2.45) is 5.92 Å². The molecule has 5 atom stereocenters. The lowest BCUT2D eigenvalue weighted by atomic mass is 10.1. The van der Waals surface area contributed by atoms with Gasteiger partial charge in [-0.25, -0.2) is 9.55 Å². The van der Waals surface area contributed by atoms with Gasteiger partial charge in [-0.3, -0.25) is 23.7 Å². The number of nitrogen functional groups attached to an aromatic ring is 1. The molecule has 0 radical (unpaired) electrons. The van der Waals surface area contributed by atoms with Crippen molar-refractivity contribution >= 4 is 62.4 Å². The summed E-state index contributed by atoms with van der Waals surface area (Å²) in [5.41, 5.74) is 5.34. The Balaban J connectivity index is 1.57. The van der Waals surface area contributed by atoms with Crippen LogP contribution < -0.4 is 15.8 Å². The summed E-state index contributed by atoms with van der Waals surface area (Å²) >= 11 is 6.88. The van der Waals surface area contributed by atoms with Gasteiger partial charge in [0, 0.05) is 5.92 Å². The molecule has 0 aliphatic carbocycles. The predicted octanol–water partition coefficient (Wildman–Crippen LogP) is 2.96. The van der Waals surface area contributed by atoms with Gasteiger partial charge in [0.25, 0.3) is 5.56 Å². The first-order valence-electron chi connectivity index (χ1n) is 10.8. The molecule has 0 amide bonds. The Bertz CT molecular complexity index is 1370. The van der Waals surface area contributed by atoms with E-state index in [1.54, 1.807) is 37.3 Å². The number of aliphatic hydroxyl groups is 1. The molecule has 3 heterocycles. The highest BCUT2D eigenvalue weighted by Gasteiger charge is 2.55. The van der Waals surface area contributed by atoms with Gasteiger partial charge in [0.2, 0.25) is 5.95 Å². The highest BCUT2D eigenvalue weighted by Crippen LogP contribution is 2.53. The molecule has 36 heavy (non-hydrogen) atoms. The number of ether oxygens (including phenoxy) is 1. The summed E-state index contributed by atoms with van der Waals surface area (Å²) in [6.07, 6.45) is -1.98. The van der Waals surface area contributed by atoms with Gasteiger partial charge in [0.1, 0.15) is 23.7 Å². The van der Waals surface area contributed by atoms with Crippen LogP contribution in [0.1, 0.15) is 20.1 Å². The zero-order chi connectivity index (χ0) is 26.3. The minimum atomic E-state index is -3.84. The van der Waals surface area contributed by atoms with Gasteiger partial charge >= 0.3 is 7.60 Å². The number of nitrogens with zero attached hydrogens (tertiary/aromatic N) is 3. The largest absolute Gasteiger partial charge is 0.424 e. The number of carbonyl (C=O) groups is 1. The molecule has 1 fully saturated rings. The number of ketones is 1. The lowest BCUT2D eigenvalue weighted by molar-refractivity contribution is -0.119. The van der Waals surface area contributed by atoms with Crippen molar-refractivity contribution in [2.75, 3.05) is 18.5 Å². The van der Waals surface area contributed by atoms with Crippen LogP contribution in [0.5, 0.6) is 5.75 Å². The number of aliphatic hydroxyl groups excluding tert-OH is 1. The fourth-order valence-electron chi connectivity index (χ4n) is 3.63. The molecule has 0 saturated carbocycles. The quantitative estimate of drug-likeness (QED) is 0.231. The summed E-state index contributed by atoms with van der Waals surface area (Å²) in [5.74, 6) is -0.543. The maximum atomic E-state index is 13.6. The van der Waals surface area contributed by atoms with E-state index in [1.807, 2.05) is 0 Å². The Morgan fingerprint density at radius 3 is 2.75 bits per heavy atom. The van der Waals surface area contributed by atoms with Crippen molar-refractivity contribution in [3.63, 3.8) is 0 Å². The summed E-state index contributed by atoms with van der Waals surface area (Å²) < 4.78 is 31.3. The topological polar surface area (TPSA) is 172 Å². The van der Waals surface area contributed by atoms with Gasteiger partial charge in [-0.1, -0.05) is 57.0 Å². The van der Waals surface area contributed by atoms with Gasteiger partial charge in [0.05, 0.1) is 19.1 Å². The Kier molecular flexibility index (Phi) is 7.75. The number of Topliss-reactive ketones (excluding diaryl/α,β-unsaturated/α-hetero) is 1. The van der Waals surface area contributed by atoms with Gasteiger partial charge in [-0.2, -0.15) is 4.98 Å². The maximum absolute atomic E-state index is 13.6. The summed E-state index contributed by atoms with van der Waals surface area (Å²) in [5, 5.41) is 11.0. The third-order valence-electron chi connectivity index (χ3n) is 5.70. The van der Waals surface area contributed by atoms with Crippen molar-refractivity contribution in [1.29, 1.82) is 0 Å². The molecule has 0 bridgehead atoms. The monoisotopic (exact) mass is 647 g/mol. The molecule has 4 N–H and O–H groups in total. The van der Waals surface area contributed by atoms with Crippen molar-refractivity contribution in [3.8, 4) is 5.75 Å². The second-order valence-corrected chi connectivity index (χ2v) is 14.1. The van der Waals surface area contributed by atoms with Gasteiger partial charge in [0.15, 0.2) is 20.6 Å². The first-order valence-corrected chi connectivity index (χ1v) is 14.1. The number of halogens is 2. The first-order chi connectivity index (χ1) is 16.9. The van der Waals surface area contributed by atoms with E-state index in [0.29, 0.717) is 5.75 Å². The highest BCUT2D eigenvalue weighted by atomic mass is 79.9. The minimum Gasteiger partial charge on any atom is -0.424 e. The molecule has 0 spiro atoms. The molecule has 1 saturated heterocycles. The molecule has 12 nitrogen and oxygen atoms in total. The summed E-state index contributed by atoms with van der Waals surface area (Å²) in [4.78, 5) is 34.6. The summed E-state index contributed by atoms with van der Waals surface area (Å²) in [7, 11) is -3.84. The van der Waals surface area contributed by atoms with Crippen molar-refractivity contribution in [3.05, 3.63) is 47.0 Å². The fraction of sp³-hybridized carbons (Fsp3) is 0.429. The van der Waals surface area contributed by atoms with E-state index in [0.717, 1.165) is 0 Å². The zero-order valence-electron chi connectivity index (χ0n) is 19.2. The number of aromatic amines is 1. The standard InChI is InChI=1S/C21H24Br2N5O7P/c1-11(12(2)29)9-36(32,35-13-6-4-3-5-7-13)33-8-14-16(30)21(22,23)19(34-14)28-10-25-15-17(28)26-20(24)27-18(15)31/h3-7,10-11,14,16,19,30H,8-9H2,1-2H3,(H3,24,26,27,31)/t11-,14-,16+,19-,36?/m1/s1. The smallest absolute Gasteiger partial charge is 0.379 e. The van der Waals surface area contributed by atoms with E-state index in [9.17, 15) is 19.3 Å². The van der Waals surface area contributed by atoms with Crippen molar-refractivity contribution in [1.82, 2.24) is 19.5 Å². The number of benzene rings is 1. The highest BCUT2D eigenvalue weighted by molar-refractivity contribution is 9.25. The molecule has 1 unspecified atom stereocenters. The number of H-pyrrole nitrogens is 1. The number of nitrogens with one attached hydrogen (secondary N) is 1. The second kappa shape index (κ2) is 10.3. The Labute approximate surface area is 222 Å². The number of rotatable bonds is 9. The molecule has 1 aromatic carbocycles. The maximum Gasteiger partial charge on any atom is 0.379 e. The van der Waals surface area contributed by atoms with E-state index >= 15 is 0 Å². The summed E-state index contributed by atoms with van der Waals surface area (Å²) in [6.45, 7) is 2.71. The number of para-hydroxylation sites is 1. The molecule has 3 aromatic rings. The van der Waals surface area contributed by atoms with Gasteiger partial charge < -0.3 is 20.1 Å². The molecule has 1 aliphatic heterocycles. The number of aromatic nitrogens is 4. The van der Waals surface area contributed by atoms with E-state index in [-0.39, 0.29) is 35.7 Å². The minimum absolute atomic E-state index is 0.0387. The van der Waals surface area contributed by atoms with Gasteiger partial charge in [-0.05, 0) is 19.1 Å². The number of nitrogens with two attached hydrogens (primary N) is 1. The average Bonchev–Trinajstić information content (AvgIpc) is 3.31. The molecule has 1 aliphatic rings. The lowest BCUT2D eigenvalue weighted by Gasteiger charge is -2.25. The number of fused-ring (bicyclic) bond motifs is 1. The van der Waals surface area contributed by atoms with Gasteiger partial charge in [-0.15, -0.1) is 0 Å². The molecule has 15 heteroatoms. The molecular weight excluding hydrogens is 625 g/mol. The van der Waals surface area contributed by atoms with E-state index in [1.165, 1.54) is 17.8 Å². The predicted molar refractivity (Wildman–Crippen MR) is 138 cm³/mol. The van der Waals surface area contributed by atoms with Crippen LogP contribution in [0.4, 0.5) is 5.95 Å². The average molecular weight is 649 g/mol. The number of hydrogen-bond donors (Lipinski definition) is 3. The first kappa shape index (κ1) is 27.0. The van der Waals surface area contributed by atoms with Crippen LogP contribution in [0.2, 0.25) is 0 Å². The van der Waals surface area contributed by atoms with Crippen LogP contribution in [-0.4, -0.2) is 58.6 Å². The number of alkyl halides is 2. The van der Waals surface area contributed by atoms with Crippen molar-refractivity contribution in [2.45, 2.75) is 35.5 Å². The van der Waals surface area contributed by atoms with Crippen LogP contribution in [-0.2, 0) is 18.6 Å². The second-order valence-electron chi connectivity index (χ2n) is 8.43. The Morgan fingerprint density at radius 1 is 1.39 bits per heavy atom. The fourth-order valence-corrected chi connectivity index (χ4v) is 6.85. The van der Waals surface area contributed by atoms with E-state index in [4.69, 9.17) is 19.5 Å². The summed E-state index contributed by atoms with van der Waals surface area (Å²) in [6, 6.07) is 8.46. The van der Waals surface area contributed by atoms with Crippen LogP contribution in [0.15, 0.2) is 41.5 Å². The third kappa shape index (κ3) is 5.43. The van der Waals surface area contributed by atoms with Crippen LogP contribution in [0.25, 0.3) is 11.2 Å². The van der Waals surface area contributed by atoms with Crippen LogP contribution in [0, 0.1) is 5.92 Å². The van der Waals surface area contributed by atoms with Crippen molar-refractivity contribution < 1.29 is 28.3 Å². The number of hydrogen-bond acceptors (Lipinski definition) is 10. The lowest BCUT2D eigenvalue weighted by Crippen LogP contribution is -2.37. The molecular formula is C21H24Br2N5O7P. The zero-order valence-corrected chi connectivity index (χ0v) is 23.3. The molecule has 4 rings (SSSR count). The number of imidazole rings is 1. The number of carbonyl (C=O) groups excluding carboxylic acids is 1. The Morgan fingerprint density at radius 2 is 2.08 bits per heavy atom. The number of anilines is 1. The van der Waals surface area contributed by atoms with E-state index < -0.39 is 40.7 Å². The third-order valence-corrected chi connectivity index (χ3v) is 9.45. The van der Waals surface area contributed by atoms with E-state index in [2.05, 4.69) is 46.8 Å². The molecule has 2 aromatic heterocycles. The van der Waals surface area contributed by atoms with Crippen LogP contribution >= 0.6 is 39.5 Å². The van der Waals surface area contributed by atoms with Crippen LogP contribution in [0.3, 0.4) is 0 Å². The normalized spacial score (nSPS) is 23.9.